The van der Waals surface area contributed by atoms with Gasteiger partial charge in [-0.15, -0.1) is 0 Å². The van der Waals surface area contributed by atoms with Crippen molar-refractivity contribution in [2.24, 2.45) is 5.92 Å². The maximum atomic E-state index is 13.3. The molecule has 0 aliphatic heterocycles. The van der Waals surface area contributed by atoms with Crippen molar-refractivity contribution in [1.82, 2.24) is 0 Å². The van der Waals surface area contributed by atoms with E-state index in [1.165, 1.54) is 43.5 Å². The first-order valence-corrected chi connectivity index (χ1v) is 10.4. The lowest BCUT2D eigenvalue weighted by Crippen LogP contribution is -2.16. The number of hydrogen-bond acceptors (Lipinski definition) is 3. The molecule has 0 saturated carbocycles. The van der Waals surface area contributed by atoms with Crippen LogP contribution in [0.3, 0.4) is 0 Å². The van der Waals surface area contributed by atoms with Gasteiger partial charge in [-0.25, -0.2) is 4.39 Å². The number of esters is 1. The van der Waals surface area contributed by atoms with Gasteiger partial charge in [-0.3, -0.25) is 4.79 Å². The van der Waals surface area contributed by atoms with Crippen LogP contribution in [0.4, 0.5) is 17.6 Å². The highest BCUT2D eigenvalue weighted by Gasteiger charge is 2.30. The van der Waals surface area contributed by atoms with Crippen molar-refractivity contribution in [3.05, 3.63) is 83.7 Å². The summed E-state index contributed by atoms with van der Waals surface area (Å²) in [5, 5.41) is 0. The SMILES string of the molecule is COC(=O)C(CC(C)C)c1cc(Oc2ccc(F)cc2)cc(-c2ccc(C(F)(F)F)cc2)c1. The second kappa shape index (κ2) is 10.1. The van der Waals surface area contributed by atoms with Gasteiger partial charge in [0.05, 0.1) is 18.6 Å². The van der Waals surface area contributed by atoms with Crippen molar-refractivity contribution in [3.8, 4) is 22.6 Å². The Kier molecular flexibility index (Phi) is 7.41. The average molecular weight is 460 g/mol. The molecule has 0 N–H and O–H groups in total. The van der Waals surface area contributed by atoms with E-state index in [-0.39, 0.29) is 5.92 Å². The number of alkyl halides is 3. The Morgan fingerprint density at radius 2 is 1.52 bits per heavy atom. The summed E-state index contributed by atoms with van der Waals surface area (Å²) in [6.45, 7) is 3.96. The number of benzene rings is 3. The summed E-state index contributed by atoms with van der Waals surface area (Å²) in [5.41, 5.74) is 0.973. The van der Waals surface area contributed by atoms with Crippen molar-refractivity contribution >= 4 is 5.97 Å². The van der Waals surface area contributed by atoms with Crippen LogP contribution < -0.4 is 4.74 Å². The van der Waals surface area contributed by atoms with Crippen LogP contribution in [0.5, 0.6) is 11.5 Å². The fraction of sp³-hybridized carbons (Fsp3) is 0.269. The Balaban J connectivity index is 2.08. The predicted octanol–water partition coefficient (Wildman–Crippen LogP) is 7.61. The maximum absolute atomic E-state index is 13.3. The molecule has 0 spiro atoms. The van der Waals surface area contributed by atoms with E-state index in [4.69, 9.17) is 9.47 Å². The summed E-state index contributed by atoms with van der Waals surface area (Å²) in [5.74, 6) is -0.479. The van der Waals surface area contributed by atoms with Crippen LogP contribution in [0.25, 0.3) is 11.1 Å². The monoisotopic (exact) mass is 460 g/mol. The molecule has 1 atom stereocenters. The second-order valence-corrected chi connectivity index (χ2v) is 8.13. The van der Waals surface area contributed by atoms with E-state index in [0.717, 1.165) is 12.1 Å². The fourth-order valence-electron chi connectivity index (χ4n) is 3.52. The van der Waals surface area contributed by atoms with Gasteiger partial charge in [0.15, 0.2) is 0 Å². The second-order valence-electron chi connectivity index (χ2n) is 8.13. The molecule has 3 rings (SSSR count). The van der Waals surface area contributed by atoms with Crippen LogP contribution in [0.15, 0.2) is 66.7 Å². The third kappa shape index (κ3) is 6.34. The molecule has 174 valence electrons. The first-order valence-electron chi connectivity index (χ1n) is 10.4. The quantitative estimate of drug-likeness (QED) is 0.269. The molecular weight excluding hydrogens is 436 g/mol. The highest BCUT2D eigenvalue weighted by Crippen LogP contribution is 2.36. The van der Waals surface area contributed by atoms with Gasteiger partial charge in [0.2, 0.25) is 0 Å². The Morgan fingerprint density at radius 3 is 2.06 bits per heavy atom. The predicted molar refractivity (Wildman–Crippen MR) is 118 cm³/mol. The average Bonchev–Trinajstić information content (AvgIpc) is 2.77. The topological polar surface area (TPSA) is 35.5 Å². The van der Waals surface area contributed by atoms with E-state index >= 15 is 0 Å². The van der Waals surface area contributed by atoms with Gasteiger partial charge < -0.3 is 9.47 Å². The van der Waals surface area contributed by atoms with E-state index in [1.807, 2.05) is 13.8 Å². The highest BCUT2D eigenvalue weighted by molar-refractivity contribution is 5.79. The zero-order chi connectivity index (χ0) is 24.2. The number of carbonyl (C=O) groups is 1. The molecule has 3 aromatic rings. The van der Waals surface area contributed by atoms with E-state index < -0.39 is 29.4 Å². The molecule has 0 aromatic heterocycles. The van der Waals surface area contributed by atoms with Gasteiger partial charge in [-0.05, 0) is 77.6 Å². The molecule has 0 fully saturated rings. The summed E-state index contributed by atoms with van der Waals surface area (Å²) in [4.78, 5) is 12.5. The highest BCUT2D eigenvalue weighted by atomic mass is 19.4. The molecular formula is C26H24F4O3. The summed E-state index contributed by atoms with van der Waals surface area (Å²) < 4.78 is 63.1. The minimum Gasteiger partial charge on any atom is -0.469 e. The largest absolute Gasteiger partial charge is 0.469 e. The fourth-order valence-corrected chi connectivity index (χ4v) is 3.52. The van der Waals surface area contributed by atoms with E-state index in [2.05, 4.69) is 0 Å². The normalized spacial score (nSPS) is 12.5. The van der Waals surface area contributed by atoms with E-state index in [0.29, 0.717) is 34.6 Å². The Bertz CT molecular complexity index is 1090. The number of carbonyl (C=O) groups excluding carboxylic acids is 1. The third-order valence-electron chi connectivity index (χ3n) is 5.12. The van der Waals surface area contributed by atoms with Gasteiger partial charge in [-0.1, -0.05) is 32.0 Å². The van der Waals surface area contributed by atoms with Gasteiger partial charge in [-0.2, -0.15) is 13.2 Å². The third-order valence-corrected chi connectivity index (χ3v) is 5.12. The van der Waals surface area contributed by atoms with Gasteiger partial charge in [0.1, 0.15) is 17.3 Å². The lowest BCUT2D eigenvalue weighted by atomic mass is 9.88. The van der Waals surface area contributed by atoms with Crippen LogP contribution >= 0.6 is 0 Å². The molecule has 0 radical (unpaired) electrons. The molecule has 0 bridgehead atoms. The molecule has 7 heteroatoms. The van der Waals surface area contributed by atoms with Crippen molar-refractivity contribution < 1.29 is 31.8 Å². The minimum absolute atomic E-state index is 0.185. The van der Waals surface area contributed by atoms with Crippen molar-refractivity contribution in [3.63, 3.8) is 0 Å². The minimum atomic E-state index is -4.44. The number of hydrogen-bond donors (Lipinski definition) is 0. The molecule has 0 aliphatic carbocycles. The van der Waals surface area contributed by atoms with Crippen LogP contribution in [0.2, 0.25) is 0 Å². The van der Waals surface area contributed by atoms with Crippen molar-refractivity contribution in [2.75, 3.05) is 7.11 Å². The van der Waals surface area contributed by atoms with Gasteiger partial charge in [0.25, 0.3) is 0 Å². The van der Waals surface area contributed by atoms with Crippen LogP contribution in [-0.2, 0) is 15.7 Å². The Morgan fingerprint density at radius 1 is 0.879 bits per heavy atom. The summed E-state index contributed by atoms with van der Waals surface area (Å²) in [7, 11) is 1.31. The molecule has 33 heavy (non-hydrogen) atoms. The van der Waals surface area contributed by atoms with Crippen LogP contribution in [0, 0.1) is 11.7 Å². The molecule has 0 heterocycles. The summed E-state index contributed by atoms with van der Waals surface area (Å²) in [6.07, 6.45) is -3.93. The Hall–Kier alpha value is -3.35. The lowest BCUT2D eigenvalue weighted by Gasteiger charge is -2.19. The van der Waals surface area contributed by atoms with Crippen molar-refractivity contribution in [1.29, 1.82) is 0 Å². The first kappa shape index (κ1) is 24.3. The molecule has 0 saturated heterocycles. The lowest BCUT2D eigenvalue weighted by molar-refractivity contribution is -0.143. The molecule has 0 amide bonds. The van der Waals surface area contributed by atoms with E-state index in [1.54, 1.807) is 18.2 Å². The zero-order valence-electron chi connectivity index (χ0n) is 18.4. The maximum Gasteiger partial charge on any atom is 0.416 e. The number of halogens is 4. The first-order chi connectivity index (χ1) is 15.6. The molecule has 3 nitrogen and oxygen atoms in total. The number of ether oxygens (including phenoxy) is 2. The zero-order valence-corrected chi connectivity index (χ0v) is 18.4. The van der Waals surface area contributed by atoms with E-state index in [9.17, 15) is 22.4 Å². The summed E-state index contributed by atoms with van der Waals surface area (Å²) in [6, 6.07) is 15.3. The Labute approximate surface area is 190 Å². The molecule has 3 aromatic carbocycles. The number of rotatable bonds is 7. The standard InChI is InChI=1S/C26H24F4O3/c1-16(2)12-24(25(31)32-3)19-13-18(17-4-6-20(7-5-17)26(28,29)30)14-23(15-19)33-22-10-8-21(27)9-11-22/h4-11,13-16,24H,12H2,1-3H3. The smallest absolute Gasteiger partial charge is 0.416 e. The van der Waals surface area contributed by atoms with Crippen LogP contribution in [0.1, 0.15) is 37.3 Å². The number of methoxy groups -OCH3 is 1. The van der Waals surface area contributed by atoms with Gasteiger partial charge in [0, 0.05) is 0 Å². The summed E-state index contributed by atoms with van der Waals surface area (Å²) >= 11 is 0. The van der Waals surface area contributed by atoms with Crippen molar-refractivity contribution in [2.45, 2.75) is 32.4 Å². The van der Waals surface area contributed by atoms with Crippen LogP contribution in [-0.4, -0.2) is 13.1 Å². The van der Waals surface area contributed by atoms with Gasteiger partial charge >= 0.3 is 12.1 Å². The molecule has 1 unspecified atom stereocenters. The molecule has 0 aliphatic rings.